The highest BCUT2D eigenvalue weighted by molar-refractivity contribution is 5.95. The monoisotopic (exact) mass is 203 g/mol. The maximum atomic E-state index is 10.9. The van der Waals surface area contributed by atoms with Crippen molar-refractivity contribution in [3.63, 3.8) is 0 Å². The van der Waals surface area contributed by atoms with Crippen molar-refractivity contribution in [3.05, 3.63) is 35.6 Å². The Morgan fingerprint density at radius 2 is 2.07 bits per heavy atom. The van der Waals surface area contributed by atoms with E-state index in [1.54, 1.807) is 6.07 Å². The third kappa shape index (κ3) is 1.73. The molecule has 15 heavy (non-hydrogen) atoms. The van der Waals surface area contributed by atoms with Gasteiger partial charge in [0.1, 0.15) is 5.58 Å². The highest BCUT2D eigenvalue weighted by Gasteiger charge is 2.09. The maximum absolute atomic E-state index is 10.9. The molecule has 1 amide bonds. The van der Waals surface area contributed by atoms with Gasteiger partial charge in [-0.1, -0.05) is 26.0 Å². The number of primary amides is 1. The largest absolute Gasteiger partial charge is 0.451 e. The zero-order chi connectivity index (χ0) is 11.0. The number of carbonyl (C=O) groups excluding carboxylic acids is 1. The van der Waals surface area contributed by atoms with Gasteiger partial charge in [-0.15, -0.1) is 0 Å². The second kappa shape index (κ2) is 3.42. The van der Waals surface area contributed by atoms with E-state index in [1.165, 1.54) is 5.56 Å². The first-order chi connectivity index (χ1) is 7.08. The van der Waals surface area contributed by atoms with Gasteiger partial charge in [0.05, 0.1) is 0 Å². The van der Waals surface area contributed by atoms with E-state index < -0.39 is 5.91 Å². The molecule has 0 spiro atoms. The van der Waals surface area contributed by atoms with Crippen molar-refractivity contribution in [1.82, 2.24) is 0 Å². The lowest BCUT2D eigenvalue weighted by Gasteiger charge is -2.03. The molecule has 0 bridgehead atoms. The van der Waals surface area contributed by atoms with E-state index in [0.717, 1.165) is 11.0 Å². The Hall–Kier alpha value is -1.77. The van der Waals surface area contributed by atoms with Crippen LogP contribution in [-0.4, -0.2) is 5.91 Å². The average molecular weight is 203 g/mol. The van der Waals surface area contributed by atoms with E-state index >= 15 is 0 Å². The molecule has 2 N–H and O–H groups in total. The van der Waals surface area contributed by atoms with Crippen LogP contribution in [0.4, 0.5) is 0 Å². The van der Waals surface area contributed by atoms with Gasteiger partial charge < -0.3 is 10.2 Å². The van der Waals surface area contributed by atoms with E-state index in [9.17, 15) is 4.79 Å². The van der Waals surface area contributed by atoms with Crippen LogP contribution in [-0.2, 0) is 0 Å². The fourth-order valence-electron chi connectivity index (χ4n) is 1.53. The first-order valence-corrected chi connectivity index (χ1v) is 4.91. The van der Waals surface area contributed by atoms with Crippen molar-refractivity contribution < 1.29 is 9.21 Å². The number of hydrogen-bond donors (Lipinski definition) is 1. The smallest absolute Gasteiger partial charge is 0.284 e. The molecule has 2 aromatic rings. The van der Waals surface area contributed by atoms with Gasteiger partial charge in [-0.2, -0.15) is 0 Å². The van der Waals surface area contributed by atoms with E-state index in [1.807, 2.05) is 18.2 Å². The number of amides is 1. The average Bonchev–Trinajstić information content (AvgIpc) is 2.59. The summed E-state index contributed by atoms with van der Waals surface area (Å²) in [6.07, 6.45) is 0. The van der Waals surface area contributed by atoms with Crippen LogP contribution in [0.2, 0.25) is 0 Å². The molecule has 0 saturated carbocycles. The van der Waals surface area contributed by atoms with Crippen LogP contribution in [0.5, 0.6) is 0 Å². The summed E-state index contributed by atoms with van der Waals surface area (Å²) in [7, 11) is 0. The molecule has 1 aromatic carbocycles. The Labute approximate surface area is 87.9 Å². The summed E-state index contributed by atoms with van der Waals surface area (Å²) < 4.78 is 5.35. The van der Waals surface area contributed by atoms with Gasteiger partial charge in [0, 0.05) is 5.39 Å². The van der Waals surface area contributed by atoms with Crippen molar-refractivity contribution in [3.8, 4) is 0 Å². The molecule has 0 radical (unpaired) electrons. The minimum Gasteiger partial charge on any atom is -0.451 e. The molecular formula is C12H13NO2. The lowest BCUT2D eigenvalue weighted by Crippen LogP contribution is -2.08. The van der Waals surface area contributed by atoms with E-state index in [0.29, 0.717) is 5.92 Å². The lowest BCUT2D eigenvalue weighted by molar-refractivity contribution is 0.0976. The normalized spacial score (nSPS) is 11.1. The first-order valence-electron chi connectivity index (χ1n) is 4.91. The predicted molar refractivity (Wildman–Crippen MR) is 58.8 cm³/mol. The lowest BCUT2D eigenvalue weighted by atomic mass is 10.0. The Morgan fingerprint density at radius 1 is 1.33 bits per heavy atom. The van der Waals surface area contributed by atoms with Crippen LogP contribution >= 0.6 is 0 Å². The van der Waals surface area contributed by atoms with Crippen LogP contribution < -0.4 is 5.73 Å². The van der Waals surface area contributed by atoms with Crippen LogP contribution in [0.3, 0.4) is 0 Å². The summed E-state index contributed by atoms with van der Waals surface area (Å²) in [4.78, 5) is 10.9. The molecule has 1 aromatic heterocycles. The molecule has 3 heteroatoms. The number of nitrogens with two attached hydrogens (primary N) is 1. The van der Waals surface area contributed by atoms with Gasteiger partial charge in [-0.25, -0.2) is 0 Å². The number of fused-ring (bicyclic) bond motifs is 1. The number of rotatable bonds is 2. The summed E-state index contributed by atoms with van der Waals surface area (Å²) in [6, 6.07) is 7.60. The van der Waals surface area contributed by atoms with Gasteiger partial charge in [0.2, 0.25) is 0 Å². The van der Waals surface area contributed by atoms with Crippen LogP contribution in [0, 0.1) is 0 Å². The van der Waals surface area contributed by atoms with Crippen molar-refractivity contribution in [2.75, 3.05) is 0 Å². The zero-order valence-electron chi connectivity index (χ0n) is 8.78. The van der Waals surface area contributed by atoms with Crippen molar-refractivity contribution in [1.29, 1.82) is 0 Å². The molecule has 0 aliphatic rings. The first kappa shape index (κ1) is 9.77. The molecular weight excluding hydrogens is 190 g/mol. The molecule has 0 unspecified atom stereocenters. The Balaban J connectivity index is 2.57. The van der Waals surface area contributed by atoms with Crippen LogP contribution in [0.15, 0.2) is 28.7 Å². The van der Waals surface area contributed by atoms with E-state index in [4.69, 9.17) is 10.2 Å². The number of hydrogen-bond acceptors (Lipinski definition) is 2. The van der Waals surface area contributed by atoms with Gasteiger partial charge in [-0.3, -0.25) is 4.79 Å². The molecule has 0 aliphatic carbocycles. The van der Waals surface area contributed by atoms with Gasteiger partial charge >= 0.3 is 0 Å². The minimum absolute atomic E-state index is 0.214. The SMILES string of the molecule is CC(C)c1ccc2cc(C(N)=O)oc2c1. The third-order valence-corrected chi connectivity index (χ3v) is 2.45. The maximum Gasteiger partial charge on any atom is 0.284 e. The van der Waals surface area contributed by atoms with Crippen LogP contribution in [0.1, 0.15) is 35.9 Å². The molecule has 2 rings (SSSR count). The molecule has 78 valence electrons. The quantitative estimate of drug-likeness (QED) is 0.815. The Morgan fingerprint density at radius 3 is 2.67 bits per heavy atom. The summed E-state index contributed by atoms with van der Waals surface area (Å²) in [5.41, 5.74) is 7.05. The van der Waals surface area contributed by atoms with E-state index in [2.05, 4.69) is 13.8 Å². The van der Waals surface area contributed by atoms with Crippen LogP contribution in [0.25, 0.3) is 11.0 Å². The predicted octanol–water partition coefficient (Wildman–Crippen LogP) is 2.66. The number of furan rings is 1. The molecule has 0 fully saturated rings. The second-order valence-corrected chi connectivity index (χ2v) is 3.93. The van der Waals surface area contributed by atoms with E-state index in [-0.39, 0.29) is 5.76 Å². The fraction of sp³-hybridized carbons (Fsp3) is 0.250. The van der Waals surface area contributed by atoms with Crippen molar-refractivity contribution >= 4 is 16.9 Å². The van der Waals surface area contributed by atoms with Gasteiger partial charge in [-0.05, 0) is 23.6 Å². The molecule has 0 aliphatic heterocycles. The molecule has 3 nitrogen and oxygen atoms in total. The zero-order valence-corrected chi connectivity index (χ0v) is 8.78. The summed E-state index contributed by atoms with van der Waals surface area (Å²) in [6.45, 7) is 4.22. The highest BCUT2D eigenvalue weighted by atomic mass is 16.3. The van der Waals surface area contributed by atoms with Crippen molar-refractivity contribution in [2.45, 2.75) is 19.8 Å². The Bertz CT molecular complexity index is 511. The second-order valence-electron chi connectivity index (χ2n) is 3.93. The summed E-state index contributed by atoms with van der Waals surface area (Å²) in [5.74, 6) is 0.125. The standard InChI is InChI=1S/C12H13NO2/c1-7(2)8-3-4-9-6-11(12(13)14)15-10(9)5-8/h3-7H,1-2H3,(H2,13,14). The number of carbonyl (C=O) groups is 1. The minimum atomic E-state index is -0.530. The molecule has 1 heterocycles. The fourth-order valence-corrected chi connectivity index (χ4v) is 1.53. The summed E-state index contributed by atoms with van der Waals surface area (Å²) >= 11 is 0. The van der Waals surface area contributed by atoms with Gasteiger partial charge in [0.25, 0.3) is 5.91 Å². The highest BCUT2D eigenvalue weighted by Crippen LogP contribution is 2.24. The molecule has 0 atom stereocenters. The van der Waals surface area contributed by atoms with Crippen molar-refractivity contribution in [2.24, 2.45) is 5.73 Å². The topological polar surface area (TPSA) is 56.2 Å². The third-order valence-electron chi connectivity index (χ3n) is 2.45. The molecule has 0 saturated heterocycles. The Kier molecular flexibility index (Phi) is 2.23. The van der Waals surface area contributed by atoms with Gasteiger partial charge in [0.15, 0.2) is 5.76 Å². The number of benzene rings is 1. The summed E-state index contributed by atoms with van der Waals surface area (Å²) in [5, 5.41) is 0.910.